The lowest BCUT2D eigenvalue weighted by molar-refractivity contribution is -0.300. The van der Waals surface area contributed by atoms with Crippen LogP contribution in [0.1, 0.15) is 13.8 Å². The van der Waals surface area contributed by atoms with E-state index in [2.05, 4.69) is 5.32 Å². The van der Waals surface area contributed by atoms with Gasteiger partial charge in [-0.15, -0.1) is 0 Å². The number of thiocarbonyl (C=S) groups is 1. The maximum absolute atomic E-state index is 9.50. The largest absolute Gasteiger partial charge is 0.460 e. The summed E-state index contributed by atoms with van der Waals surface area (Å²) in [5.74, 6) is -0.677. The van der Waals surface area contributed by atoms with Gasteiger partial charge < -0.3 is 29.4 Å². The van der Waals surface area contributed by atoms with Crippen LogP contribution in [0, 0.1) is 0 Å². The van der Waals surface area contributed by atoms with Gasteiger partial charge >= 0.3 is 0 Å². The third kappa shape index (κ3) is 1.65. The molecule has 0 radical (unpaired) electrons. The highest BCUT2D eigenvalue weighted by Gasteiger charge is 2.64. The summed E-state index contributed by atoms with van der Waals surface area (Å²) in [6.07, 6.45) is -0.984. The average molecular weight is 261 g/mol. The third-order valence-electron chi connectivity index (χ3n) is 3.28. The van der Waals surface area contributed by atoms with Gasteiger partial charge in [0.05, 0.1) is 13.2 Å². The maximum atomic E-state index is 9.50. The van der Waals surface area contributed by atoms with E-state index in [1.165, 1.54) is 0 Å². The van der Waals surface area contributed by atoms with E-state index in [-0.39, 0.29) is 24.0 Å². The standard InChI is InChI=1S/C10H15NO5S/c1-9(2)13-3-5-6(16-9)7-10(4-12,15-5)11-8(17)14-7/h5-7,12H,3-4H2,1-2H3,(H,11,17)/t5-,6+,7-,10+/m0/s1. The lowest BCUT2D eigenvalue weighted by atomic mass is 10.0. The van der Waals surface area contributed by atoms with Crippen LogP contribution in [0.5, 0.6) is 0 Å². The molecule has 0 amide bonds. The summed E-state index contributed by atoms with van der Waals surface area (Å²) in [7, 11) is 0. The lowest BCUT2D eigenvalue weighted by Crippen LogP contribution is -2.53. The molecule has 0 aromatic carbocycles. The van der Waals surface area contributed by atoms with Gasteiger partial charge in [0.1, 0.15) is 12.2 Å². The molecule has 0 aromatic rings. The molecule has 3 rings (SSSR count). The molecular formula is C10H15NO5S. The van der Waals surface area contributed by atoms with Crippen molar-refractivity contribution in [2.24, 2.45) is 0 Å². The molecule has 7 heteroatoms. The third-order valence-corrected chi connectivity index (χ3v) is 3.48. The summed E-state index contributed by atoms with van der Waals surface area (Å²) < 4.78 is 22.6. The first kappa shape index (κ1) is 11.6. The Morgan fingerprint density at radius 1 is 1.47 bits per heavy atom. The Hall–Kier alpha value is -0.470. The minimum Gasteiger partial charge on any atom is -0.460 e. The van der Waals surface area contributed by atoms with Crippen molar-refractivity contribution in [2.75, 3.05) is 13.2 Å². The molecule has 3 saturated heterocycles. The Labute approximate surface area is 104 Å². The van der Waals surface area contributed by atoms with E-state index in [0.29, 0.717) is 6.61 Å². The Balaban J connectivity index is 1.88. The molecular weight excluding hydrogens is 246 g/mol. The lowest BCUT2D eigenvalue weighted by Gasteiger charge is -2.37. The van der Waals surface area contributed by atoms with Crippen LogP contribution in [0.3, 0.4) is 0 Å². The molecule has 0 aromatic heterocycles. The molecule has 0 spiro atoms. The first-order valence-corrected chi connectivity index (χ1v) is 5.96. The molecule has 0 unspecified atom stereocenters. The van der Waals surface area contributed by atoms with E-state index in [1.807, 2.05) is 13.8 Å². The van der Waals surface area contributed by atoms with Crippen LogP contribution < -0.4 is 5.32 Å². The van der Waals surface area contributed by atoms with Crippen molar-refractivity contribution in [3.8, 4) is 0 Å². The fourth-order valence-corrected chi connectivity index (χ4v) is 2.80. The van der Waals surface area contributed by atoms with E-state index in [9.17, 15) is 5.11 Å². The fourth-order valence-electron chi connectivity index (χ4n) is 2.52. The van der Waals surface area contributed by atoms with Gasteiger partial charge in [-0.2, -0.15) is 0 Å². The average Bonchev–Trinajstić information content (AvgIpc) is 2.70. The highest BCUT2D eigenvalue weighted by atomic mass is 32.1. The zero-order valence-corrected chi connectivity index (χ0v) is 10.5. The second-order valence-corrected chi connectivity index (χ2v) is 5.32. The van der Waals surface area contributed by atoms with Crippen LogP contribution in [-0.2, 0) is 18.9 Å². The van der Waals surface area contributed by atoms with Gasteiger partial charge in [0.2, 0.25) is 5.72 Å². The van der Waals surface area contributed by atoms with E-state index < -0.39 is 17.6 Å². The number of aliphatic hydroxyl groups excluding tert-OH is 1. The van der Waals surface area contributed by atoms with Crippen LogP contribution in [0.15, 0.2) is 0 Å². The predicted molar refractivity (Wildman–Crippen MR) is 60.2 cm³/mol. The Morgan fingerprint density at radius 3 is 2.94 bits per heavy atom. The number of fused-ring (bicyclic) bond motifs is 3. The molecule has 2 N–H and O–H groups in total. The van der Waals surface area contributed by atoms with Crippen molar-refractivity contribution in [1.82, 2.24) is 5.32 Å². The van der Waals surface area contributed by atoms with E-state index in [0.717, 1.165) is 0 Å². The van der Waals surface area contributed by atoms with Gasteiger partial charge in [-0.25, -0.2) is 0 Å². The number of nitrogens with one attached hydrogen (secondary N) is 1. The molecule has 96 valence electrons. The smallest absolute Gasteiger partial charge is 0.259 e. The quantitative estimate of drug-likeness (QED) is 0.617. The molecule has 0 aliphatic carbocycles. The SMILES string of the molecule is CC1(C)OC[C@@H]2O[C@@]3(CO)NC(=S)O[C@H]3[C@@H]2O1. The van der Waals surface area contributed by atoms with Gasteiger partial charge in [0.15, 0.2) is 11.9 Å². The second kappa shape index (κ2) is 3.52. The van der Waals surface area contributed by atoms with Crippen molar-refractivity contribution in [3.63, 3.8) is 0 Å². The van der Waals surface area contributed by atoms with Gasteiger partial charge in [-0.1, -0.05) is 0 Å². The number of rotatable bonds is 1. The molecule has 0 saturated carbocycles. The molecule has 4 atom stereocenters. The monoisotopic (exact) mass is 261 g/mol. The highest BCUT2D eigenvalue weighted by molar-refractivity contribution is 7.80. The fraction of sp³-hybridized carbons (Fsp3) is 0.900. The number of hydrogen-bond donors (Lipinski definition) is 2. The highest BCUT2D eigenvalue weighted by Crippen LogP contribution is 2.41. The Morgan fingerprint density at radius 2 is 2.24 bits per heavy atom. The Kier molecular flexibility index (Phi) is 2.40. The molecule has 3 aliphatic rings. The van der Waals surface area contributed by atoms with E-state index in [4.69, 9.17) is 31.2 Å². The molecule has 3 aliphatic heterocycles. The van der Waals surface area contributed by atoms with E-state index >= 15 is 0 Å². The topological polar surface area (TPSA) is 69.2 Å². The second-order valence-electron chi connectivity index (χ2n) is 4.95. The van der Waals surface area contributed by atoms with Crippen LogP contribution >= 0.6 is 12.2 Å². The van der Waals surface area contributed by atoms with E-state index in [1.54, 1.807) is 0 Å². The van der Waals surface area contributed by atoms with Crippen LogP contribution in [0.25, 0.3) is 0 Å². The maximum Gasteiger partial charge on any atom is 0.259 e. The van der Waals surface area contributed by atoms with Crippen molar-refractivity contribution in [1.29, 1.82) is 0 Å². The summed E-state index contributed by atoms with van der Waals surface area (Å²) in [6, 6.07) is 0. The summed E-state index contributed by atoms with van der Waals surface area (Å²) in [6.45, 7) is 3.86. The summed E-state index contributed by atoms with van der Waals surface area (Å²) >= 11 is 4.95. The number of hydrogen-bond acceptors (Lipinski definition) is 6. The van der Waals surface area contributed by atoms with Crippen molar-refractivity contribution >= 4 is 17.4 Å². The molecule has 17 heavy (non-hydrogen) atoms. The molecule has 6 nitrogen and oxygen atoms in total. The summed E-state index contributed by atoms with van der Waals surface area (Å²) in [4.78, 5) is 0. The molecule has 3 fully saturated rings. The number of ether oxygens (including phenoxy) is 4. The predicted octanol–water partition coefficient (Wildman–Crippen LogP) is -0.501. The van der Waals surface area contributed by atoms with Crippen molar-refractivity contribution in [2.45, 2.75) is 43.7 Å². The van der Waals surface area contributed by atoms with Crippen LogP contribution in [0.4, 0.5) is 0 Å². The zero-order valence-electron chi connectivity index (χ0n) is 9.63. The van der Waals surface area contributed by atoms with Gasteiger partial charge in [0, 0.05) is 0 Å². The Bertz CT molecular complexity index is 363. The summed E-state index contributed by atoms with van der Waals surface area (Å²) in [5, 5.41) is 12.6. The minimum absolute atomic E-state index is 0.228. The van der Waals surface area contributed by atoms with Crippen molar-refractivity contribution < 1.29 is 24.1 Å². The molecule has 0 bridgehead atoms. The van der Waals surface area contributed by atoms with Gasteiger partial charge in [0.25, 0.3) is 5.17 Å². The normalized spacial score (nSPS) is 47.0. The number of aliphatic hydroxyl groups is 1. The summed E-state index contributed by atoms with van der Waals surface area (Å²) in [5.41, 5.74) is -0.990. The van der Waals surface area contributed by atoms with Crippen LogP contribution in [-0.4, -0.2) is 53.3 Å². The zero-order chi connectivity index (χ0) is 12.3. The minimum atomic E-state index is -0.990. The van der Waals surface area contributed by atoms with Gasteiger partial charge in [-0.3, -0.25) is 0 Å². The first-order valence-electron chi connectivity index (χ1n) is 5.55. The van der Waals surface area contributed by atoms with Crippen molar-refractivity contribution in [3.05, 3.63) is 0 Å². The van der Waals surface area contributed by atoms with Crippen LogP contribution in [0.2, 0.25) is 0 Å². The van der Waals surface area contributed by atoms with Gasteiger partial charge in [-0.05, 0) is 26.1 Å². The molecule has 3 heterocycles. The first-order chi connectivity index (χ1) is 7.96.